The monoisotopic (exact) mass is 482 g/mol. The molecule has 1 aromatic heterocycles. The molecule has 142 valence electrons. The molecule has 2 aromatic rings. The molecule has 2 heterocycles. The van der Waals surface area contributed by atoms with Crippen LogP contribution in [0.2, 0.25) is 0 Å². The third-order valence-electron chi connectivity index (χ3n) is 4.36. The maximum atomic E-state index is 14.5. The van der Waals surface area contributed by atoms with Gasteiger partial charge in [0.05, 0.1) is 6.61 Å². The van der Waals surface area contributed by atoms with E-state index in [1.165, 1.54) is 12.1 Å². The minimum Gasteiger partial charge on any atom is -0.386 e. The number of ether oxygens (including phenoxy) is 1. The van der Waals surface area contributed by atoms with Crippen LogP contribution in [0, 0.1) is 9.39 Å². The molecule has 1 amide bonds. The molecule has 3 N–H and O–H groups in total. The number of amidine groups is 1. The molecule has 0 saturated carbocycles. The number of rotatable bonds is 4. The number of anilines is 1. The fourth-order valence-corrected chi connectivity index (χ4v) is 3.55. The first-order chi connectivity index (χ1) is 12.8. The zero-order valence-electron chi connectivity index (χ0n) is 15.1. The van der Waals surface area contributed by atoms with Crippen molar-refractivity contribution in [3.05, 3.63) is 56.7 Å². The van der Waals surface area contributed by atoms with Gasteiger partial charge in [0.1, 0.15) is 29.5 Å². The average molecular weight is 482 g/mol. The summed E-state index contributed by atoms with van der Waals surface area (Å²) in [5, 5.41) is 2.80. The Morgan fingerprint density at radius 1 is 1.44 bits per heavy atom. The van der Waals surface area contributed by atoms with Gasteiger partial charge in [-0.2, -0.15) is 0 Å². The first-order valence-electron chi connectivity index (χ1n) is 8.50. The molecule has 0 radical (unpaired) electrons. The highest BCUT2D eigenvalue weighted by molar-refractivity contribution is 14.1. The molecular formula is C19H20FIN4O2. The van der Waals surface area contributed by atoms with E-state index in [-0.39, 0.29) is 19.1 Å². The Labute approximate surface area is 170 Å². The lowest BCUT2D eigenvalue weighted by Gasteiger charge is -2.30. The molecule has 6 nitrogen and oxygen atoms in total. The zero-order valence-corrected chi connectivity index (χ0v) is 17.2. The van der Waals surface area contributed by atoms with Gasteiger partial charge >= 0.3 is 0 Å². The standard InChI is InChI=1S/C19H20FIN4O2/c1-3-11-6-12(21)8-23-17(11)18(26)24-13-4-5-15(20)14(7-13)19(2)10-27-9-16(22)25-19/h4-8H,3,9-10H2,1-2H3,(H2,22,25)(H,24,26)/t19-/m0/s1. The number of hydrogen-bond acceptors (Lipinski definition) is 5. The number of pyridine rings is 1. The van der Waals surface area contributed by atoms with E-state index in [0.717, 1.165) is 9.13 Å². The molecule has 27 heavy (non-hydrogen) atoms. The summed E-state index contributed by atoms with van der Waals surface area (Å²) in [6, 6.07) is 6.31. The Hall–Kier alpha value is -2.07. The Morgan fingerprint density at radius 3 is 2.93 bits per heavy atom. The molecule has 1 atom stereocenters. The van der Waals surface area contributed by atoms with Crippen molar-refractivity contribution in [3.8, 4) is 0 Å². The number of nitrogens with zero attached hydrogens (tertiary/aromatic N) is 2. The van der Waals surface area contributed by atoms with E-state index in [1.807, 2.05) is 13.0 Å². The number of aliphatic imine (C=N–C) groups is 1. The molecule has 0 bridgehead atoms. The van der Waals surface area contributed by atoms with E-state index in [4.69, 9.17) is 10.5 Å². The van der Waals surface area contributed by atoms with Crippen LogP contribution in [0.3, 0.4) is 0 Å². The van der Waals surface area contributed by atoms with Gasteiger partial charge in [-0.15, -0.1) is 0 Å². The number of halogens is 2. The van der Waals surface area contributed by atoms with E-state index in [9.17, 15) is 9.18 Å². The van der Waals surface area contributed by atoms with Crippen LogP contribution in [0.5, 0.6) is 0 Å². The first kappa shape index (κ1) is 19.7. The van der Waals surface area contributed by atoms with E-state index in [1.54, 1.807) is 19.2 Å². The van der Waals surface area contributed by atoms with Gasteiger partial charge in [0.15, 0.2) is 0 Å². The molecule has 1 aliphatic rings. The maximum absolute atomic E-state index is 14.5. The van der Waals surface area contributed by atoms with Crippen LogP contribution in [-0.2, 0) is 16.7 Å². The summed E-state index contributed by atoms with van der Waals surface area (Å²) in [5.41, 5.74) is 6.80. The first-order valence-corrected chi connectivity index (χ1v) is 9.58. The number of carbonyl (C=O) groups is 1. The third-order valence-corrected chi connectivity index (χ3v) is 4.95. The Morgan fingerprint density at radius 2 is 2.22 bits per heavy atom. The lowest BCUT2D eigenvalue weighted by atomic mass is 9.91. The molecular weight excluding hydrogens is 462 g/mol. The van der Waals surface area contributed by atoms with Gasteiger partial charge in [0.25, 0.3) is 5.91 Å². The number of nitrogens with two attached hydrogens (primary N) is 1. The van der Waals surface area contributed by atoms with E-state index in [2.05, 4.69) is 37.9 Å². The summed E-state index contributed by atoms with van der Waals surface area (Å²) in [4.78, 5) is 21.3. The Kier molecular flexibility index (Phi) is 5.75. The molecule has 0 spiro atoms. The SMILES string of the molecule is CCc1cc(I)cnc1C(=O)Nc1ccc(F)c([C@]2(C)COCC(N)=N2)c1. The maximum Gasteiger partial charge on any atom is 0.274 e. The molecule has 3 rings (SSSR count). The van der Waals surface area contributed by atoms with Gasteiger partial charge < -0.3 is 15.8 Å². The zero-order chi connectivity index (χ0) is 19.6. The van der Waals surface area contributed by atoms with Crippen molar-refractivity contribution in [2.45, 2.75) is 25.8 Å². The van der Waals surface area contributed by atoms with Gasteiger partial charge in [-0.1, -0.05) is 6.92 Å². The summed E-state index contributed by atoms with van der Waals surface area (Å²) in [6.07, 6.45) is 2.33. The third kappa shape index (κ3) is 4.27. The molecule has 1 aromatic carbocycles. The van der Waals surface area contributed by atoms with Crippen LogP contribution >= 0.6 is 22.6 Å². The Bertz CT molecular complexity index is 919. The highest BCUT2D eigenvalue weighted by Gasteiger charge is 2.33. The van der Waals surface area contributed by atoms with Crippen molar-refractivity contribution in [2.24, 2.45) is 10.7 Å². The Balaban J connectivity index is 1.91. The van der Waals surface area contributed by atoms with Crippen LogP contribution in [0.1, 0.15) is 35.5 Å². The average Bonchev–Trinajstić information content (AvgIpc) is 2.62. The smallest absolute Gasteiger partial charge is 0.274 e. The van der Waals surface area contributed by atoms with Gasteiger partial charge in [-0.05, 0) is 65.8 Å². The van der Waals surface area contributed by atoms with Crippen molar-refractivity contribution < 1.29 is 13.9 Å². The summed E-state index contributed by atoms with van der Waals surface area (Å²) in [6.45, 7) is 4.15. The minimum absolute atomic E-state index is 0.209. The lowest BCUT2D eigenvalue weighted by Crippen LogP contribution is -2.38. The number of amides is 1. The highest BCUT2D eigenvalue weighted by atomic mass is 127. The summed E-state index contributed by atoms with van der Waals surface area (Å²) < 4.78 is 20.8. The fourth-order valence-electron chi connectivity index (χ4n) is 3.04. The van der Waals surface area contributed by atoms with Gasteiger partial charge in [-0.25, -0.2) is 9.37 Å². The number of carbonyl (C=O) groups excluding carboxylic acids is 1. The number of nitrogens with one attached hydrogen (secondary N) is 1. The molecule has 8 heteroatoms. The topological polar surface area (TPSA) is 89.6 Å². The van der Waals surface area contributed by atoms with E-state index in [0.29, 0.717) is 29.2 Å². The predicted octanol–water partition coefficient (Wildman–Crippen LogP) is 3.24. The second kappa shape index (κ2) is 7.89. The van der Waals surface area contributed by atoms with Crippen LogP contribution in [0.4, 0.5) is 10.1 Å². The number of aromatic nitrogens is 1. The summed E-state index contributed by atoms with van der Waals surface area (Å²) in [5.74, 6) is -0.457. The molecule has 1 aliphatic heterocycles. The predicted molar refractivity (Wildman–Crippen MR) is 110 cm³/mol. The quantitative estimate of drug-likeness (QED) is 0.655. The summed E-state index contributed by atoms with van der Waals surface area (Å²) in [7, 11) is 0. The number of hydrogen-bond donors (Lipinski definition) is 2. The van der Waals surface area contributed by atoms with Crippen LogP contribution in [0.15, 0.2) is 35.5 Å². The number of benzene rings is 1. The van der Waals surface area contributed by atoms with E-state index < -0.39 is 11.4 Å². The van der Waals surface area contributed by atoms with Gasteiger partial charge in [0.2, 0.25) is 0 Å². The van der Waals surface area contributed by atoms with Crippen molar-refractivity contribution >= 4 is 40.0 Å². The van der Waals surface area contributed by atoms with Gasteiger partial charge in [-0.3, -0.25) is 9.79 Å². The minimum atomic E-state index is -0.942. The van der Waals surface area contributed by atoms with Gasteiger partial charge in [0, 0.05) is 21.0 Å². The lowest BCUT2D eigenvalue weighted by molar-refractivity contribution is 0.102. The number of aryl methyl sites for hydroxylation is 1. The second-order valence-corrected chi connectivity index (χ2v) is 7.78. The molecule has 0 unspecified atom stereocenters. The fraction of sp³-hybridized carbons (Fsp3) is 0.316. The van der Waals surface area contributed by atoms with E-state index >= 15 is 0 Å². The second-order valence-electron chi connectivity index (χ2n) is 6.53. The van der Waals surface area contributed by atoms with Crippen molar-refractivity contribution in [2.75, 3.05) is 18.5 Å². The van der Waals surface area contributed by atoms with Crippen molar-refractivity contribution in [1.82, 2.24) is 4.98 Å². The summed E-state index contributed by atoms with van der Waals surface area (Å²) >= 11 is 2.16. The normalized spacial score (nSPS) is 19.5. The van der Waals surface area contributed by atoms with Crippen LogP contribution in [0.25, 0.3) is 0 Å². The highest BCUT2D eigenvalue weighted by Crippen LogP contribution is 2.32. The molecule has 0 saturated heterocycles. The van der Waals surface area contributed by atoms with Crippen LogP contribution < -0.4 is 11.1 Å². The molecule has 0 aliphatic carbocycles. The van der Waals surface area contributed by atoms with Crippen molar-refractivity contribution in [1.29, 1.82) is 0 Å². The largest absolute Gasteiger partial charge is 0.386 e. The van der Waals surface area contributed by atoms with Crippen LogP contribution in [-0.4, -0.2) is 29.9 Å². The van der Waals surface area contributed by atoms with Crippen molar-refractivity contribution in [3.63, 3.8) is 0 Å². The molecule has 0 fully saturated rings.